The smallest absolute Gasteiger partial charge is 0.147 e. The maximum absolute atomic E-state index is 4.45. The van der Waals surface area contributed by atoms with Gasteiger partial charge in [-0.2, -0.15) is 0 Å². The van der Waals surface area contributed by atoms with Crippen LogP contribution in [0.4, 0.5) is 11.5 Å². The second-order valence-electron chi connectivity index (χ2n) is 3.84. The van der Waals surface area contributed by atoms with Crippen LogP contribution in [-0.2, 0) is 0 Å². The summed E-state index contributed by atoms with van der Waals surface area (Å²) in [4.78, 5) is 6.65. The first-order valence-electron chi connectivity index (χ1n) is 5.67. The summed E-state index contributed by atoms with van der Waals surface area (Å²) in [6.45, 7) is 5.14. The summed E-state index contributed by atoms with van der Waals surface area (Å²) >= 11 is 3.56. The molecule has 0 unspecified atom stereocenters. The highest BCUT2D eigenvalue weighted by Crippen LogP contribution is 2.31. The molecule has 2 nitrogen and oxygen atoms in total. The predicted octanol–water partition coefficient (Wildman–Crippen LogP) is 4.31. The number of anilines is 2. The van der Waals surface area contributed by atoms with E-state index in [1.165, 1.54) is 11.3 Å². The van der Waals surface area contributed by atoms with Crippen molar-refractivity contribution in [1.82, 2.24) is 4.98 Å². The highest BCUT2D eigenvalue weighted by molar-refractivity contribution is 9.10. The average molecular weight is 291 g/mol. The standard InChI is InChI=1S/C14H15BrN2/c1-3-17(13-9-5-4-7-11(13)2)14-12(15)8-6-10-16-14/h4-10H,3H2,1-2H3. The number of nitrogens with zero attached hydrogens (tertiary/aromatic N) is 2. The van der Waals surface area contributed by atoms with Crippen molar-refractivity contribution in [3.63, 3.8) is 0 Å². The molecule has 0 spiro atoms. The number of aryl methyl sites for hydroxylation is 1. The molecule has 88 valence electrons. The Morgan fingerprint density at radius 3 is 2.59 bits per heavy atom. The molecule has 0 aliphatic rings. The molecule has 0 radical (unpaired) electrons. The molecule has 0 saturated heterocycles. The van der Waals surface area contributed by atoms with E-state index in [4.69, 9.17) is 0 Å². The van der Waals surface area contributed by atoms with E-state index in [0.29, 0.717) is 0 Å². The van der Waals surface area contributed by atoms with Gasteiger partial charge in [0.15, 0.2) is 0 Å². The van der Waals surface area contributed by atoms with Crippen LogP contribution < -0.4 is 4.90 Å². The third-order valence-electron chi connectivity index (χ3n) is 2.72. The maximum Gasteiger partial charge on any atom is 0.147 e. The Kier molecular flexibility index (Phi) is 3.79. The van der Waals surface area contributed by atoms with E-state index < -0.39 is 0 Å². The monoisotopic (exact) mass is 290 g/mol. The van der Waals surface area contributed by atoms with Gasteiger partial charge in [-0.15, -0.1) is 0 Å². The quantitative estimate of drug-likeness (QED) is 0.837. The van der Waals surface area contributed by atoms with Gasteiger partial charge in [-0.3, -0.25) is 0 Å². The van der Waals surface area contributed by atoms with Gasteiger partial charge >= 0.3 is 0 Å². The lowest BCUT2D eigenvalue weighted by molar-refractivity contribution is 0.978. The van der Waals surface area contributed by atoms with Gasteiger partial charge in [-0.05, 0) is 53.5 Å². The van der Waals surface area contributed by atoms with Gasteiger partial charge < -0.3 is 4.90 Å². The predicted molar refractivity (Wildman–Crippen MR) is 75.8 cm³/mol. The minimum Gasteiger partial charge on any atom is -0.325 e. The van der Waals surface area contributed by atoms with Crippen LogP contribution in [0.2, 0.25) is 0 Å². The molecule has 0 bridgehead atoms. The zero-order chi connectivity index (χ0) is 12.3. The van der Waals surface area contributed by atoms with Crippen LogP contribution in [0.15, 0.2) is 47.1 Å². The Morgan fingerprint density at radius 1 is 1.18 bits per heavy atom. The van der Waals surface area contributed by atoms with Crippen LogP contribution in [0, 0.1) is 6.92 Å². The van der Waals surface area contributed by atoms with Crippen LogP contribution in [0.5, 0.6) is 0 Å². The number of pyridine rings is 1. The number of halogens is 1. The van der Waals surface area contributed by atoms with E-state index in [2.05, 4.69) is 63.9 Å². The molecule has 0 fully saturated rings. The van der Waals surface area contributed by atoms with Gasteiger partial charge in [0.05, 0.1) is 4.47 Å². The summed E-state index contributed by atoms with van der Waals surface area (Å²) in [5, 5.41) is 0. The van der Waals surface area contributed by atoms with E-state index >= 15 is 0 Å². The van der Waals surface area contributed by atoms with Crippen molar-refractivity contribution in [2.45, 2.75) is 13.8 Å². The van der Waals surface area contributed by atoms with Crippen LogP contribution in [0.1, 0.15) is 12.5 Å². The molecule has 3 heteroatoms. The molecule has 2 aromatic rings. The fraction of sp³-hybridized carbons (Fsp3) is 0.214. The van der Waals surface area contributed by atoms with Crippen molar-refractivity contribution >= 4 is 27.4 Å². The fourth-order valence-corrected chi connectivity index (χ4v) is 2.35. The zero-order valence-corrected chi connectivity index (χ0v) is 11.6. The second kappa shape index (κ2) is 5.32. The van der Waals surface area contributed by atoms with Gasteiger partial charge in [0.25, 0.3) is 0 Å². The third-order valence-corrected chi connectivity index (χ3v) is 3.34. The topological polar surface area (TPSA) is 16.1 Å². The summed E-state index contributed by atoms with van der Waals surface area (Å²) in [6, 6.07) is 12.3. The lowest BCUT2D eigenvalue weighted by Crippen LogP contribution is -2.18. The molecule has 0 aliphatic heterocycles. The van der Waals surface area contributed by atoms with E-state index in [9.17, 15) is 0 Å². The number of benzene rings is 1. The van der Waals surface area contributed by atoms with Crippen molar-refractivity contribution in [3.05, 3.63) is 52.6 Å². The highest BCUT2D eigenvalue weighted by atomic mass is 79.9. The van der Waals surface area contributed by atoms with Crippen molar-refractivity contribution in [1.29, 1.82) is 0 Å². The summed E-state index contributed by atoms with van der Waals surface area (Å²) in [5.41, 5.74) is 2.46. The number of hydrogen-bond donors (Lipinski definition) is 0. The summed E-state index contributed by atoms with van der Waals surface area (Å²) < 4.78 is 1.02. The third kappa shape index (κ3) is 2.50. The number of para-hydroxylation sites is 1. The SMILES string of the molecule is CCN(c1ccccc1C)c1ncccc1Br. The van der Waals surface area contributed by atoms with Crippen molar-refractivity contribution in [2.24, 2.45) is 0 Å². The van der Waals surface area contributed by atoms with Gasteiger partial charge in [0, 0.05) is 18.4 Å². The van der Waals surface area contributed by atoms with Crippen LogP contribution >= 0.6 is 15.9 Å². The molecular weight excluding hydrogens is 276 g/mol. The molecule has 1 heterocycles. The number of rotatable bonds is 3. The normalized spacial score (nSPS) is 10.3. The summed E-state index contributed by atoms with van der Waals surface area (Å²) in [7, 11) is 0. The Labute approximate surface area is 110 Å². The number of aromatic nitrogens is 1. The van der Waals surface area contributed by atoms with Gasteiger partial charge in [-0.25, -0.2) is 4.98 Å². The van der Waals surface area contributed by atoms with Gasteiger partial charge in [-0.1, -0.05) is 18.2 Å². The second-order valence-corrected chi connectivity index (χ2v) is 4.69. The zero-order valence-electron chi connectivity index (χ0n) is 10.0. The minimum atomic E-state index is 0.889. The molecule has 0 saturated carbocycles. The molecule has 0 amide bonds. The molecule has 0 aliphatic carbocycles. The van der Waals surface area contributed by atoms with Crippen molar-refractivity contribution < 1.29 is 0 Å². The summed E-state index contributed by atoms with van der Waals surface area (Å²) in [5.74, 6) is 0.962. The number of hydrogen-bond acceptors (Lipinski definition) is 2. The van der Waals surface area contributed by atoms with E-state index in [1.54, 1.807) is 0 Å². The maximum atomic E-state index is 4.45. The molecule has 0 N–H and O–H groups in total. The average Bonchev–Trinajstić information content (AvgIpc) is 2.34. The first-order chi connectivity index (χ1) is 8.24. The van der Waals surface area contributed by atoms with E-state index in [1.807, 2.05) is 18.3 Å². The van der Waals surface area contributed by atoms with Gasteiger partial charge in [0.1, 0.15) is 5.82 Å². The Balaban J connectivity index is 2.48. The van der Waals surface area contributed by atoms with Crippen molar-refractivity contribution in [3.8, 4) is 0 Å². The Bertz CT molecular complexity index is 466. The molecular formula is C14H15BrN2. The first kappa shape index (κ1) is 12.1. The molecule has 17 heavy (non-hydrogen) atoms. The lowest BCUT2D eigenvalue weighted by atomic mass is 10.2. The van der Waals surface area contributed by atoms with E-state index in [0.717, 1.165) is 16.8 Å². The van der Waals surface area contributed by atoms with Crippen LogP contribution in [0.3, 0.4) is 0 Å². The molecule has 1 aromatic heterocycles. The van der Waals surface area contributed by atoms with Crippen molar-refractivity contribution in [2.75, 3.05) is 11.4 Å². The largest absolute Gasteiger partial charge is 0.325 e. The van der Waals surface area contributed by atoms with Gasteiger partial charge in [0.2, 0.25) is 0 Å². The minimum absolute atomic E-state index is 0.889. The molecule has 2 rings (SSSR count). The fourth-order valence-electron chi connectivity index (χ4n) is 1.88. The summed E-state index contributed by atoms with van der Waals surface area (Å²) in [6.07, 6.45) is 1.82. The first-order valence-corrected chi connectivity index (χ1v) is 6.47. The Hall–Kier alpha value is -1.35. The highest BCUT2D eigenvalue weighted by Gasteiger charge is 2.12. The Morgan fingerprint density at radius 2 is 1.94 bits per heavy atom. The van der Waals surface area contributed by atoms with E-state index in [-0.39, 0.29) is 0 Å². The lowest BCUT2D eigenvalue weighted by Gasteiger charge is -2.24. The van der Waals surface area contributed by atoms with Crippen LogP contribution in [0.25, 0.3) is 0 Å². The van der Waals surface area contributed by atoms with Crippen LogP contribution in [-0.4, -0.2) is 11.5 Å². The molecule has 1 aromatic carbocycles. The molecule has 0 atom stereocenters.